The Hall–Kier alpha value is -3.33. The Bertz CT molecular complexity index is 1140. The second kappa shape index (κ2) is 10.5. The Labute approximate surface area is 197 Å². The number of hydrogen-bond donors (Lipinski definition) is 2. The smallest absolute Gasteiger partial charge is 0.321 e. The molecule has 2 aromatic carbocycles. The highest BCUT2D eigenvalue weighted by Gasteiger charge is 2.19. The Morgan fingerprint density at radius 2 is 1.73 bits per heavy atom. The van der Waals surface area contributed by atoms with E-state index in [2.05, 4.69) is 26.9 Å². The van der Waals surface area contributed by atoms with E-state index in [4.69, 9.17) is 0 Å². The summed E-state index contributed by atoms with van der Waals surface area (Å²) in [5.41, 5.74) is 3.32. The molecule has 0 saturated carbocycles. The number of benzene rings is 2. The minimum Gasteiger partial charge on any atom is -0.325 e. The molecule has 1 fully saturated rings. The maximum absolute atomic E-state index is 12.7. The van der Waals surface area contributed by atoms with Crippen molar-refractivity contribution in [3.8, 4) is 11.4 Å². The number of likely N-dealkylation sites (tertiary alicyclic amines) is 1. The molecule has 0 unspecified atom stereocenters. The van der Waals surface area contributed by atoms with Crippen molar-refractivity contribution in [2.45, 2.75) is 38.4 Å². The normalized spacial score (nSPS) is 13.2. The van der Waals surface area contributed by atoms with Gasteiger partial charge in [0.15, 0.2) is 11.0 Å². The lowest BCUT2D eigenvalue weighted by molar-refractivity contribution is -0.113. The first-order valence-electron chi connectivity index (χ1n) is 11.1. The second-order valence-corrected chi connectivity index (χ2v) is 8.87. The summed E-state index contributed by atoms with van der Waals surface area (Å²) in [5, 5.41) is 15.2. The van der Waals surface area contributed by atoms with E-state index in [1.807, 2.05) is 48.7 Å². The second-order valence-electron chi connectivity index (χ2n) is 7.93. The van der Waals surface area contributed by atoms with Crippen LogP contribution >= 0.6 is 11.8 Å². The maximum Gasteiger partial charge on any atom is 0.321 e. The summed E-state index contributed by atoms with van der Waals surface area (Å²) in [6, 6.07) is 15.2. The Balaban J connectivity index is 1.40. The van der Waals surface area contributed by atoms with E-state index in [1.54, 1.807) is 17.0 Å². The topological polar surface area (TPSA) is 92.2 Å². The minimum absolute atomic E-state index is 0.136. The Morgan fingerprint density at radius 3 is 2.42 bits per heavy atom. The molecule has 0 bridgehead atoms. The number of anilines is 2. The highest BCUT2D eigenvalue weighted by molar-refractivity contribution is 7.99. The van der Waals surface area contributed by atoms with Gasteiger partial charge in [-0.05, 0) is 44.9 Å². The van der Waals surface area contributed by atoms with E-state index >= 15 is 0 Å². The molecule has 9 heteroatoms. The van der Waals surface area contributed by atoms with Crippen molar-refractivity contribution in [1.29, 1.82) is 0 Å². The molecular formula is C24H28N6O2S. The maximum atomic E-state index is 12.7. The van der Waals surface area contributed by atoms with Crippen molar-refractivity contribution in [2.75, 3.05) is 29.5 Å². The number of aromatic nitrogens is 3. The molecule has 0 radical (unpaired) electrons. The van der Waals surface area contributed by atoms with Crippen molar-refractivity contribution in [3.63, 3.8) is 0 Å². The third-order valence-electron chi connectivity index (χ3n) is 5.48. The van der Waals surface area contributed by atoms with Gasteiger partial charge in [0.2, 0.25) is 5.91 Å². The van der Waals surface area contributed by atoms with Crippen molar-refractivity contribution >= 4 is 35.1 Å². The van der Waals surface area contributed by atoms with Crippen LogP contribution in [0.5, 0.6) is 0 Å². The number of nitrogens with one attached hydrogen (secondary N) is 2. The lowest BCUT2D eigenvalue weighted by Crippen LogP contribution is -2.32. The Kier molecular flexibility index (Phi) is 7.29. The molecule has 1 aliphatic rings. The van der Waals surface area contributed by atoms with Crippen molar-refractivity contribution < 1.29 is 9.59 Å². The zero-order valence-corrected chi connectivity index (χ0v) is 19.7. The van der Waals surface area contributed by atoms with Gasteiger partial charge in [0.25, 0.3) is 0 Å². The third kappa shape index (κ3) is 5.54. The first-order valence-corrected chi connectivity index (χ1v) is 12.1. The first kappa shape index (κ1) is 22.8. The average molecular weight is 465 g/mol. The summed E-state index contributed by atoms with van der Waals surface area (Å²) in [6.07, 6.45) is 2.05. The van der Waals surface area contributed by atoms with Crippen LogP contribution < -0.4 is 10.6 Å². The molecule has 1 aliphatic heterocycles. The van der Waals surface area contributed by atoms with Crippen LogP contribution in [0.15, 0.2) is 53.7 Å². The fraction of sp³-hybridized carbons (Fsp3) is 0.333. The molecule has 0 spiro atoms. The van der Waals surface area contributed by atoms with Crippen LogP contribution in [0, 0.1) is 6.92 Å². The molecule has 3 aromatic rings. The van der Waals surface area contributed by atoms with E-state index in [1.165, 1.54) is 11.8 Å². The van der Waals surface area contributed by atoms with Crippen molar-refractivity contribution in [1.82, 2.24) is 19.7 Å². The number of hydrogen-bond acceptors (Lipinski definition) is 5. The fourth-order valence-corrected chi connectivity index (χ4v) is 4.61. The molecular weight excluding hydrogens is 436 g/mol. The molecule has 3 amide bonds. The summed E-state index contributed by atoms with van der Waals surface area (Å²) >= 11 is 1.34. The zero-order valence-electron chi connectivity index (χ0n) is 18.9. The number of nitrogens with zero attached hydrogens (tertiary/aromatic N) is 4. The van der Waals surface area contributed by atoms with Crippen LogP contribution in [0.4, 0.5) is 16.2 Å². The number of aryl methyl sites for hydroxylation is 1. The molecule has 0 atom stereocenters. The van der Waals surface area contributed by atoms with Gasteiger partial charge in [-0.25, -0.2) is 4.79 Å². The number of thioether (sulfide) groups is 1. The summed E-state index contributed by atoms with van der Waals surface area (Å²) < 4.78 is 2.01. The Morgan fingerprint density at radius 1 is 1.00 bits per heavy atom. The molecule has 2 heterocycles. The third-order valence-corrected chi connectivity index (χ3v) is 6.44. The van der Waals surface area contributed by atoms with E-state index in [-0.39, 0.29) is 17.7 Å². The van der Waals surface area contributed by atoms with Gasteiger partial charge in [-0.2, -0.15) is 0 Å². The van der Waals surface area contributed by atoms with E-state index < -0.39 is 0 Å². The highest BCUT2D eigenvalue weighted by Crippen LogP contribution is 2.26. The number of urea groups is 1. The summed E-state index contributed by atoms with van der Waals surface area (Å²) in [5.74, 6) is 0.796. The predicted octanol–water partition coefficient (Wildman–Crippen LogP) is 4.63. The van der Waals surface area contributed by atoms with Crippen LogP contribution in [-0.2, 0) is 11.3 Å². The number of carbonyl (C=O) groups is 2. The molecule has 33 heavy (non-hydrogen) atoms. The monoisotopic (exact) mass is 464 g/mol. The lowest BCUT2D eigenvalue weighted by atomic mass is 10.1. The number of rotatable bonds is 7. The summed E-state index contributed by atoms with van der Waals surface area (Å²) in [6.45, 7) is 6.30. The van der Waals surface area contributed by atoms with Gasteiger partial charge in [-0.1, -0.05) is 47.7 Å². The van der Waals surface area contributed by atoms with Gasteiger partial charge in [0, 0.05) is 25.2 Å². The van der Waals surface area contributed by atoms with Crippen molar-refractivity contribution in [2.24, 2.45) is 0 Å². The molecule has 1 saturated heterocycles. The molecule has 0 aliphatic carbocycles. The predicted molar refractivity (Wildman–Crippen MR) is 131 cm³/mol. The fourth-order valence-electron chi connectivity index (χ4n) is 3.81. The SMILES string of the molecule is CCn1c(SCC(=O)Nc2ccccc2NC(=O)N2CCCC2)nnc1-c1cccc(C)c1. The molecule has 4 rings (SSSR count). The van der Waals surface area contributed by atoms with Crippen LogP contribution in [0.2, 0.25) is 0 Å². The molecule has 172 valence electrons. The summed E-state index contributed by atoms with van der Waals surface area (Å²) in [7, 11) is 0. The molecule has 8 nitrogen and oxygen atoms in total. The minimum atomic E-state index is -0.175. The van der Waals surface area contributed by atoms with Gasteiger partial charge in [0.1, 0.15) is 0 Å². The van der Waals surface area contributed by atoms with Gasteiger partial charge < -0.3 is 20.1 Å². The average Bonchev–Trinajstić information content (AvgIpc) is 3.49. The molecule has 2 N–H and O–H groups in total. The number of para-hydroxylation sites is 2. The quantitative estimate of drug-likeness (QED) is 0.497. The van der Waals surface area contributed by atoms with Gasteiger partial charge in [-0.3, -0.25) is 4.79 Å². The van der Waals surface area contributed by atoms with Crippen LogP contribution in [0.25, 0.3) is 11.4 Å². The van der Waals surface area contributed by atoms with Gasteiger partial charge in [-0.15, -0.1) is 10.2 Å². The van der Waals surface area contributed by atoms with E-state index in [0.29, 0.717) is 23.1 Å². The van der Waals surface area contributed by atoms with Crippen LogP contribution in [0.1, 0.15) is 25.3 Å². The highest BCUT2D eigenvalue weighted by atomic mass is 32.2. The largest absolute Gasteiger partial charge is 0.325 e. The summed E-state index contributed by atoms with van der Waals surface area (Å²) in [4.78, 5) is 26.9. The number of carbonyl (C=O) groups excluding carboxylic acids is 2. The van der Waals surface area contributed by atoms with Crippen LogP contribution in [-0.4, -0.2) is 50.4 Å². The standard InChI is InChI=1S/C24H28N6O2S/c1-3-30-22(18-10-8-9-17(2)15-18)27-28-24(30)33-16-21(31)25-19-11-4-5-12-20(19)26-23(32)29-13-6-7-14-29/h4-5,8-12,15H,3,6-7,13-14,16H2,1-2H3,(H,25,31)(H,26,32). The van der Waals surface area contributed by atoms with Crippen LogP contribution in [0.3, 0.4) is 0 Å². The van der Waals surface area contributed by atoms with Crippen molar-refractivity contribution in [3.05, 3.63) is 54.1 Å². The van der Waals surface area contributed by atoms with E-state index in [0.717, 1.165) is 42.9 Å². The van der Waals surface area contributed by atoms with E-state index in [9.17, 15) is 9.59 Å². The van der Waals surface area contributed by atoms with Gasteiger partial charge in [0.05, 0.1) is 17.1 Å². The first-order chi connectivity index (χ1) is 16.0. The van der Waals surface area contributed by atoms with Gasteiger partial charge >= 0.3 is 6.03 Å². The number of amides is 3. The molecule has 1 aromatic heterocycles. The zero-order chi connectivity index (χ0) is 23.2. The lowest BCUT2D eigenvalue weighted by Gasteiger charge is -2.18.